The van der Waals surface area contributed by atoms with Crippen LogP contribution in [0.2, 0.25) is 0 Å². The summed E-state index contributed by atoms with van der Waals surface area (Å²) in [6.45, 7) is 6.81. The largest absolute Gasteiger partial charge is 0.379 e. The molecule has 1 aromatic heterocycles. The van der Waals surface area contributed by atoms with Crippen LogP contribution in [0.25, 0.3) is 0 Å². The summed E-state index contributed by atoms with van der Waals surface area (Å²) in [5.41, 5.74) is 0.703. The van der Waals surface area contributed by atoms with Gasteiger partial charge in [-0.05, 0) is 31.7 Å². The van der Waals surface area contributed by atoms with Gasteiger partial charge in [-0.3, -0.25) is 14.4 Å². The molecule has 3 rings (SSSR count). The molecule has 3 heterocycles. The molecule has 0 aliphatic carbocycles. The van der Waals surface area contributed by atoms with Crippen LogP contribution in [-0.4, -0.2) is 71.4 Å². The van der Waals surface area contributed by atoms with E-state index in [1.165, 1.54) is 13.0 Å². The van der Waals surface area contributed by atoms with Gasteiger partial charge in [-0.25, -0.2) is 0 Å². The molecule has 0 atom stereocenters. The average molecular weight is 306 g/mol. The third-order valence-corrected chi connectivity index (χ3v) is 4.81. The molecule has 0 N–H and O–H groups in total. The van der Waals surface area contributed by atoms with Crippen molar-refractivity contribution in [2.24, 2.45) is 13.0 Å². The Kier molecular flexibility index (Phi) is 5.10. The molecule has 1 aromatic rings. The minimum absolute atomic E-state index is 0.125. The van der Waals surface area contributed by atoms with E-state index in [0.29, 0.717) is 5.56 Å². The van der Waals surface area contributed by atoms with Gasteiger partial charge < -0.3 is 9.64 Å². The zero-order valence-corrected chi connectivity index (χ0v) is 13.4. The molecule has 2 fully saturated rings. The number of morpholine rings is 1. The highest BCUT2D eigenvalue weighted by atomic mass is 16.5. The van der Waals surface area contributed by atoms with E-state index < -0.39 is 0 Å². The van der Waals surface area contributed by atoms with Crippen LogP contribution in [0, 0.1) is 5.92 Å². The van der Waals surface area contributed by atoms with Crippen molar-refractivity contribution in [2.45, 2.75) is 19.3 Å². The molecule has 1 amide bonds. The Morgan fingerprint density at radius 3 is 2.64 bits per heavy atom. The van der Waals surface area contributed by atoms with Gasteiger partial charge >= 0.3 is 0 Å². The number of nitrogens with zero attached hydrogens (tertiary/aromatic N) is 4. The Hall–Kier alpha value is -1.40. The number of amides is 1. The summed E-state index contributed by atoms with van der Waals surface area (Å²) in [5.74, 6) is 0.875. The van der Waals surface area contributed by atoms with Gasteiger partial charge in [0.15, 0.2) is 0 Å². The average Bonchev–Trinajstić information content (AvgIpc) is 3.00. The van der Waals surface area contributed by atoms with Crippen molar-refractivity contribution in [1.29, 1.82) is 0 Å². The van der Waals surface area contributed by atoms with Crippen molar-refractivity contribution in [3.8, 4) is 0 Å². The van der Waals surface area contributed by atoms with Crippen LogP contribution < -0.4 is 0 Å². The number of aryl methyl sites for hydroxylation is 1. The van der Waals surface area contributed by atoms with E-state index in [4.69, 9.17) is 4.74 Å². The summed E-state index contributed by atoms with van der Waals surface area (Å²) in [4.78, 5) is 16.8. The van der Waals surface area contributed by atoms with E-state index in [-0.39, 0.29) is 5.91 Å². The summed E-state index contributed by atoms with van der Waals surface area (Å²) < 4.78 is 7.07. The number of rotatable bonds is 4. The molecule has 22 heavy (non-hydrogen) atoms. The number of piperidine rings is 1. The van der Waals surface area contributed by atoms with Crippen LogP contribution in [-0.2, 0) is 11.8 Å². The monoisotopic (exact) mass is 306 g/mol. The van der Waals surface area contributed by atoms with Crippen molar-refractivity contribution < 1.29 is 9.53 Å². The van der Waals surface area contributed by atoms with Crippen molar-refractivity contribution >= 4 is 5.91 Å². The number of carbonyl (C=O) groups excluding carboxylic acids is 1. The number of carbonyl (C=O) groups is 1. The van der Waals surface area contributed by atoms with Crippen molar-refractivity contribution in [3.63, 3.8) is 0 Å². The van der Waals surface area contributed by atoms with E-state index in [1.54, 1.807) is 17.1 Å². The summed E-state index contributed by atoms with van der Waals surface area (Å²) >= 11 is 0. The summed E-state index contributed by atoms with van der Waals surface area (Å²) in [6, 6.07) is 0. The molecule has 2 aliphatic heterocycles. The number of aromatic nitrogens is 2. The quantitative estimate of drug-likeness (QED) is 0.832. The second kappa shape index (κ2) is 7.24. The summed E-state index contributed by atoms with van der Waals surface area (Å²) in [6.07, 6.45) is 6.95. The molecule has 0 spiro atoms. The van der Waals surface area contributed by atoms with Crippen LogP contribution >= 0.6 is 0 Å². The van der Waals surface area contributed by atoms with Crippen LogP contribution in [0.3, 0.4) is 0 Å². The highest BCUT2D eigenvalue weighted by molar-refractivity contribution is 5.93. The van der Waals surface area contributed by atoms with Crippen molar-refractivity contribution in [3.05, 3.63) is 18.0 Å². The van der Waals surface area contributed by atoms with Crippen LogP contribution in [0.1, 0.15) is 29.6 Å². The highest BCUT2D eigenvalue weighted by Gasteiger charge is 2.24. The van der Waals surface area contributed by atoms with Crippen LogP contribution in [0.4, 0.5) is 0 Å². The predicted molar refractivity (Wildman–Crippen MR) is 83.7 cm³/mol. The molecule has 0 unspecified atom stereocenters. The molecule has 0 saturated carbocycles. The fraction of sp³-hybridized carbons (Fsp3) is 0.750. The number of hydrogen-bond acceptors (Lipinski definition) is 4. The zero-order valence-electron chi connectivity index (χ0n) is 13.4. The third-order valence-electron chi connectivity index (χ3n) is 4.81. The fourth-order valence-electron chi connectivity index (χ4n) is 3.33. The lowest BCUT2D eigenvalue weighted by Gasteiger charge is -2.33. The first-order valence-corrected chi connectivity index (χ1v) is 8.30. The summed E-state index contributed by atoms with van der Waals surface area (Å²) in [7, 11) is 1.84. The number of likely N-dealkylation sites (tertiary alicyclic amines) is 1. The SMILES string of the molecule is Cn1cc(C(=O)N2CCC(CCN3CCOCC3)CC2)cn1. The Morgan fingerprint density at radius 1 is 1.27 bits per heavy atom. The fourth-order valence-corrected chi connectivity index (χ4v) is 3.33. The Morgan fingerprint density at radius 2 is 2.00 bits per heavy atom. The molecular formula is C16H26N4O2. The minimum atomic E-state index is 0.125. The van der Waals surface area contributed by atoms with E-state index in [1.807, 2.05) is 11.9 Å². The molecule has 6 nitrogen and oxygen atoms in total. The lowest BCUT2D eigenvalue weighted by Crippen LogP contribution is -2.40. The maximum absolute atomic E-state index is 12.4. The van der Waals surface area contributed by atoms with Gasteiger partial charge in [-0.15, -0.1) is 0 Å². The molecule has 0 radical (unpaired) electrons. The smallest absolute Gasteiger partial charge is 0.257 e. The van der Waals surface area contributed by atoms with Crippen LogP contribution in [0.5, 0.6) is 0 Å². The van der Waals surface area contributed by atoms with Crippen LogP contribution in [0.15, 0.2) is 12.4 Å². The Labute approximate surface area is 132 Å². The molecule has 0 aromatic carbocycles. The predicted octanol–water partition coefficient (Wildman–Crippen LogP) is 0.995. The van der Waals surface area contributed by atoms with Gasteiger partial charge in [0.2, 0.25) is 0 Å². The van der Waals surface area contributed by atoms with Gasteiger partial charge in [0.05, 0.1) is 25.0 Å². The maximum Gasteiger partial charge on any atom is 0.257 e. The standard InChI is InChI=1S/C16H26N4O2/c1-18-13-15(12-17-18)16(21)20-6-3-14(4-7-20)2-5-19-8-10-22-11-9-19/h12-14H,2-11H2,1H3. The van der Waals surface area contributed by atoms with E-state index in [9.17, 15) is 4.79 Å². The van der Waals surface area contributed by atoms with Gasteiger partial charge in [-0.2, -0.15) is 5.10 Å². The summed E-state index contributed by atoms with van der Waals surface area (Å²) in [5, 5.41) is 4.08. The molecule has 122 valence electrons. The molecule has 0 bridgehead atoms. The third kappa shape index (κ3) is 3.87. The van der Waals surface area contributed by atoms with E-state index in [0.717, 1.165) is 58.2 Å². The number of ether oxygens (including phenoxy) is 1. The Bertz CT molecular complexity index is 488. The van der Waals surface area contributed by atoms with Gasteiger partial charge in [0.25, 0.3) is 5.91 Å². The molecule has 2 aliphatic rings. The molecule has 2 saturated heterocycles. The van der Waals surface area contributed by atoms with Gasteiger partial charge in [0, 0.05) is 39.4 Å². The van der Waals surface area contributed by atoms with Gasteiger partial charge in [-0.1, -0.05) is 0 Å². The van der Waals surface area contributed by atoms with E-state index >= 15 is 0 Å². The Balaban J connectivity index is 1.41. The first-order valence-electron chi connectivity index (χ1n) is 8.30. The molecular weight excluding hydrogens is 280 g/mol. The lowest BCUT2D eigenvalue weighted by atomic mass is 9.93. The van der Waals surface area contributed by atoms with Crippen molar-refractivity contribution in [1.82, 2.24) is 19.6 Å². The molecule has 6 heteroatoms. The second-order valence-corrected chi connectivity index (χ2v) is 6.38. The first-order chi connectivity index (χ1) is 10.7. The first kappa shape index (κ1) is 15.5. The highest BCUT2D eigenvalue weighted by Crippen LogP contribution is 2.22. The minimum Gasteiger partial charge on any atom is -0.379 e. The maximum atomic E-state index is 12.4. The van der Waals surface area contributed by atoms with Crippen molar-refractivity contribution in [2.75, 3.05) is 45.9 Å². The van der Waals surface area contributed by atoms with E-state index in [2.05, 4.69) is 10.00 Å². The van der Waals surface area contributed by atoms with Gasteiger partial charge in [0.1, 0.15) is 0 Å². The lowest BCUT2D eigenvalue weighted by molar-refractivity contribution is 0.0332. The topological polar surface area (TPSA) is 50.6 Å². The normalized spacial score (nSPS) is 21.2. The second-order valence-electron chi connectivity index (χ2n) is 6.38. The zero-order chi connectivity index (χ0) is 15.4. The number of hydrogen-bond donors (Lipinski definition) is 0.